The summed E-state index contributed by atoms with van der Waals surface area (Å²) in [4.78, 5) is 2.46. The molecular formula is C13H23ClN4. The van der Waals surface area contributed by atoms with Crippen LogP contribution in [0.1, 0.15) is 37.6 Å². The summed E-state index contributed by atoms with van der Waals surface area (Å²) < 4.78 is 2.01. The van der Waals surface area contributed by atoms with Gasteiger partial charge in [0.2, 0.25) is 0 Å². The van der Waals surface area contributed by atoms with Gasteiger partial charge in [0.05, 0.1) is 16.4 Å². The van der Waals surface area contributed by atoms with Crippen molar-refractivity contribution in [2.24, 2.45) is 5.73 Å². The topological polar surface area (TPSA) is 47.1 Å². The minimum atomic E-state index is 0.496. The van der Waals surface area contributed by atoms with E-state index in [0.717, 1.165) is 42.6 Å². The number of aromatic nitrogens is 2. The number of piperidine rings is 1. The van der Waals surface area contributed by atoms with Crippen molar-refractivity contribution < 1.29 is 0 Å². The van der Waals surface area contributed by atoms with Gasteiger partial charge in [-0.1, -0.05) is 18.0 Å². The highest BCUT2D eigenvalue weighted by Gasteiger charge is 2.24. The van der Waals surface area contributed by atoms with Crippen LogP contribution in [0, 0.1) is 6.92 Å². The van der Waals surface area contributed by atoms with Crippen LogP contribution in [0.4, 0.5) is 0 Å². The molecule has 1 fully saturated rings. The second kappa shape index (κ2) is 6.04. The zero-order valence-electron chi connectivity index (χ0n) is 11.3. The van der Waals surface area contributed by atoms with Crippen LogP contribution in [-0.2, 0) is 13.1 Å². The minimum absolute atomic E-state index is 0.496. The third-order valence-corrected chi connectivity index (χ3v) is 4.32. The van der Waals surface area contributed by atoms with E-state index >= 15 is 0 Å². The molecule has 0 saturated carbocycles. The molecule has 1 saturated heterocycles. The van der Waals surface area contributed by atoms with Gasteiger partial charge < -0.3 is 5.73 Å². The molecule has 2 heterocycles. The van der Waals surface area contributed by atoms with Crippen molar-refractivity contribution in [3.8, 4) is 0 Å². The lowest BCUT2D eigenvalue weighted by Crippen LogP contribution is -2.43. The average molecular weight is 271 g/mol. The summed E-state index contributed by atoms with van der Waals surface area (Å²) in [6, 6.07) is 0.496. The van der Waals surface area contributed by atoms with E-state index in [2.05, 4.69) is 16.9 Å². The predicted molar refractivity (Wildman–Crippen MR) is 74.8 cm³/mol. The second-order valence-corrected chi connectivity index (χ2v) is 5.40. The molecule has 1 aromatic rings. The molecule has 1 atom stereocenters. The molecular weight excluding hydrogens is 248 g/mol. The molecule has 1 unspecified atom stereocenters. The SMILES string of the molecule is CCn1nc(C)c(Cl)c1CN1CCCCC1CN. The number of hydrogen-bond donors (Lipinski definition) is 1. The van der Waals surface area contributed by atoms with Crippen molar-refractivity contribution in [2.45, 2.75) is 52.2 Å². The molecule has 1 aromatic heterocycles. The van der Waals surface area contributed by atoms with E-state index in [4.69, 9.17) is 17.3 Å². The number of halogens is 1. The van der Waals surface area contributed by atoms with Crippen molar-refractivity contribution in [3.63, 3.8) is 0 Å². The molecule has 4 nitrogen and oxygen atoms in total. The fourth-order valence-electron chi connectivity index (χ4n) is 2.75. The Labute approximate surface area is 114 Å². The van der Waals surface area contributed by atoms with E-state index in [1.807, 2.05) is 11.6 Å². The van der Waals surface area contributed by atoms with Crippen LogP contribution in [0.2, 0.25) is 5.02 Å². The molecule has 1 aliphatic heterocycles. The summed E-state index contributed by atoms with van der Waals surface area (Å²) in [6.45, 7) is 7.65. The minimum Gasteiger partial charge on any atom is -0.329 e. The molecule has 2 rings (SSSR count). The quantitative estimate of drug-likeness (QED) is 0.912. The van der Waals surface area contributed by atoms with Gasteiger partial charge in [0.1, 0.15) is 0 Å². The Balaban J connectivity index is 2.17. The lowest BCUT2D eigenvalue weighted by molar-refractivity contribution is 0.141. The average Bonchev–Trinajstić information content (AvgIpc) is 2.67. The number of nitrogens with zero attached hydrogens (tertiary/aromatic N) is 3. The van der Waals surface area contributed by atoms with Crippen LogP contribution in [-0.4, -0.2) is 33.8 Å². The molecule has 0 aliphatic carbocycles. The maximum Gasteiger partial charge on any atom is 0.0860 e. The lowest BCUT2D eigenvalue weighted by Gasteiger charge is -2.35. The molecule has 18 heavy (non-hydrogen) atoms. The van der Waals surface area contributed by atoms with E-state index < -0.39 is 0 Å². The molecule has 102 valence electrons. The standard InChI is InChI=1S/C13H23ClN4/c1-3-18-12(13(14)10(2)16-18)9-17-7-5-4-6-11(17)8-15/h11H,3-9,15H2,1-2H3. The van der Waals surface area contributed by atoms with Gasteiger partial charge in [-0.25, -0.2) is 0 Å². The Morgan fingerprint density at radius 1 is 1.44 bits per heavy atom. The van der Waals surface area contributed by atoms with Gasteiger partial charge in [-0.05, 0) is 33.2 Å². The maximum atomic E-state index is 6.36. The number of likely N-dealkylation sites (tertiary alicyclic amines) is 1. The Kier molecular flexibility index (Phi) is 4.65. The maximum absolute atomic E-state index is 6.36. The fraction of sp³-hybridized carbons (Fsp3) is 0.769. The van der Waals surface area contributed by atoms with Crippen LogP contribution in [0.25, 0.3) is 0 Å². The van der Waals surface area contributed by atoms with E-state index in [0.29, 0.717) is 6.04 Å². The molecule has 0 amide bonds. The Bertz CT molecular complexity index is 402. The Morgan fingerprint density at radius 3 is 2.89 bits per heavy atom. The van der Waals surface area contributed by atoms with Gasteiger partial charge in [0, 0.05) is 25.7 Å². The molecule has 0 spiro atoms. The third-order valence-electron chi connectivity index (χ3n) is 3.83. The monoisotopic (exact) mass is 270 g/mol. The number of rotatable bonds is 4. The molecule has 0 radical (unpaired) electrons. The lowest BCUT2D eigenvalue weighted by atomic mass is 10.0. The summed E-state index contributed by atoms with van der Waals surface area (Å²) in [7, 11) is 0. The van der Waals surface area contributed by atoms with Gasteiger partial charge in [-0.3, -0.25) is 9.58 Å². The largest absolute Gasteiger partial charge is 0.329 e. The number of nitrogens with two attached hydrogens (primary N) is 1. The highest BCUT2D eigenvalue weighted by Crippen LogP contribution is 2.25. The number of aryl methyl sites for hydroxylation is 2. The highest BCUT2D eigenvalue weighted by atomic mass is 35.5. The molecule has 1 aliphatic rings. The summed E-state index contributed by atoms with van der Waals surface area (Å²) >= 11 is 6.36. The van der Waals surface area contributed by atoms with Crippen molar-refractivity contribution in [2.75, 3.05) is 13.1 Å². The van der Waals surface area contributed by atoms with Gasteiger partial charge >= 0.3 is 0 Å². The van der Waals surface area contributed by atoms with Gasteiger partial charge in [0.15, 0.2) is 0 Å². The van der Waals surface area contributed by atoms with Crippen molar-refractivity contribution >= 4 is 11.6 Å². The normalized spacial score (nSPS) is 21.4. The first kappa shape index (κ1) is 13.8. The van der Waals surface area contributed by atoms with Crippen molar-refractivity contribution in [3.05, 3.63) is 16.4 Å². The number of hydrogen-bond acceptors (Lipinski definition) is 3. The van der Waals surface area contributed by atoms with Crippen LogP contribution in [0.3, 0.4) is 0 Å². The van der Waals surface area contributed by atoms with E-state index in [-0.39, 0.29) is 0 Å². The second-order valence-electron chi connectivity index (χ2n) is 5.02. The van der Waals surface area contributed by atoms with Gasteiger partial charge in [-0.2, -0.15) is 5.10 Å². The first-order valence-corrected chi connectivity index (χ1v) is 7.21. The summed E-state index contributed by atoms with van der Waals surface area (Å²) in [5, 5.41) is 5.29. The highest BCUT2D eigenvalue weighted by molar-refractivity contribution is 6.31. The molecule has 0 aromatic carbocycles. The third kappa shape index (κ3) is 2.71. The Hall–Kier alpha value is -0.580. The van der Waals surface area contributed by atoms with Crippen LogP contribution in [0.15, 0.2) is 0 Å². The van der Waals surface area contributed by atoms with E-state index in [9.17, 15) is 0 Å². The predicted octanol–water partition coefficient (Wildman–Crippen LogP) is 2.18. The first-order valence-electron chi connectivity index (χ1n) is 6.83. The molecule has 0 bridgehead atoms. The Morgan fingerprint density at radius 2 is 2.22 bits per heavy atom. The van der Waals surface area contributed by atoms with E-state index in [1.165, 1.54) is 19.3 Å². The van der Waals surface area contributed by atoms with E-state index in [1.54, 1.807) is 0 Å². The smallest absolute Gasteiger partial charge is 0.0860 e. The summed E-state index contributed by atoms with van der Waals surface area (Å²) in [5.41, 5.74) is 7.93. The summed E-state index contributed by atoms with van der Waals surface area (Å²) in [6.07, 6.45) is 3.75. The van der Waals surface area contributed by atoms with Gasteiger partial charge in [0.25, 0.3) is 0 Å². The van der Waals surface area contributed by atoms with Crippen molar-refractivity contribution in [1.29, 1.82) is 0 Å². The first-order chi connectivity index (χ1) is 8.67. The van der Waals surface area contributed by atoms with Gasteiger partial charge in [-0.15, -0.1) is 0 Å². The van der Waals surface area contributed by atoms with Crippen LogP contribution in [0.5, 0.6) is 0 Å². The van der Waals surface area contributed by atoms with Crippen LogP contribution >= 0.6 is 11.6 Å². The molecule has 5 heteroatoms. The summed E-state index contributed by atoms with van der Waals surface area (Å²) in [5.74, 6) is 0. The zero-order chi connectivity index (χ0) is 13.1. The zero-order valence-corrected chi connectivity index (χ0v) is 12.1. The molecule has 2 N–H and O–H groups in total. The van der Waals surface area contributed by atoms with Crippen molar-refractivity contribution in [1.82, 2.24) is 14.7 Å². The van der Waals surface area contributed by atoms with Crippen LogP contribution < -0.4 is 5.73 Å². The fourth-order valence-corrected chi connectivity index (χ4v) is 2.94.